The van der Waals surface area contributed by atoms with Crippen LogP contribution in [0.3, 0.4) is 0 Å². The van der Waals surface area contributed by atoms with Crippen LogP contribution in [0.1, 0.15) is 95.2 Å². The minimum absolute atomic E-state index is 0.0458. The first-order valence-corrected chi connectivity index (χ1v) is 15.5. The van der Waals surface area contributed by atoms with Crippen molar-refractivity contribution >= 4 is 23.2 Å². The van der Waals surface area contributed by atoms with E-state index < -0.39 is 0 Å². The van der Waals surface area contributed by atoms with Gasteiger partial charge in [0.2, 0.25) is 5.91 Å². The Balaban J connectivity index is 1.16. The average molecular weight is 565 g/mol. The van der Waals surface area contributed by atoms with Gasteiger partial charge in [-0.25, -0.2) is 10.4 Å². The molecule has 1 saturated heterocycles. The van der Waals surface area contributed by atoms with Gasteiger partial charge in [-0.15, -0.1) is 11.3 Å². The number of benzene rings is 1. The van der Waals surface area contributed by atoms with Gasteiger partial charge in [-0.1, -0.05) is 39.8 Å². The maximum absolute atomic E-state index is 13.1. The lowest BCUT2D eigenvalue weighted by Crippen LogP contribution is -2.47. The molecule has 1 fully saturated rings. The summed E-state index contributed by atoms with van der Waals surface area (Å²) in [6, 6.07) is 7.02. The molecule has 40 heavy (non-hydrogen) atoms. The monoisotopic (exact) mass is 564 g/mol. The van der Waals surface area contributed by atoms with E-state index in [-0.39, 0.29) is 28.7 Å². The molecule has 1 aromatic carbocycles. The Hall–Kier alpha value is -2.71. The van der Waals surface area contributed by atoms with Crippen LogP contribution in [-0.2, 0) is 25.2 Å². The fourth-order valence-electron chi connectivity index (χ4n) is 6.38. The van der Waals surface area contributed by atoms with E-state index in [9.17, 15) is 9.59 Å². The summed E-state index contributed by atoms with van der Waals surface area (Å²) in [5.41, 5.74) is 10.00. The normalized spacial score (nSPS) is 22.1. The number of ether oxygens (including phenoxy) is 1. The zero-order valence-electron chi connectivity index (χ0n) is 24.9. The summed E-state index contributed by atoms with van der Waals surface area (Å²) in [5, 5.41) is 5.30. The fourth-order valence-corrected chi connectivity index (χ4v) is 7.38. The highest BCUT2D eigenvalue weighted by Gasteiger charge is 2.37. The van der Waals surface area contributed by atoms with E-state index in [0.29, 0.717) is 25.3 Å². The zero-order valence-corrected chi connectivity index (χ0v) is 25.7. The second-order valence-electron chi connectivity index (χ2n) is 13.0. The first kappa shape index (κ1) is 28.8. The number of carbonyl (C=O) groups excluding carboxylic acids is 2. The second-order valence-corrected chi connectivity index (χ2v) is 13.9. The third-order valence-corrected chi connectivity index (χ3v) is 10.2. The lowest BCUT2D eigenvalue weighted by atomic mass is 9.63. The van der Waals surface area contributed by atoms with Crippen molar-refractivity contribution in [3.8, 4) is 11.3 Å². The number of likely N-dealkylation sites (tertiary alicyclic amines) is 1. The molecule has 0 spiro atoms. The number of thiazole rings is 1. The van der Waals surface area contributed by atoms with Gasteiger partial charge < -0.3 is 14.6 Å². The summed E-state index contributed by atoms with van der Waals surface area (Å²) < 4.78 is 4.74. The van der Waals surface area contributed by atoms with Gasteiger partial charge in [-0.05, 0) is 73.1 Å². The van der Waals surface area contributed by atoms with E-state index in [0.717, 1.165) is 37.3 Å². The van der Waals surface area contributed by atoms with Crippen molar-refractivity contribution in [2.75, 3.05) is 26.7 Å². The van der Waals surface area contributed by atoms with Gasteiger partial charge in [0.25, 0.3) is 0 Å². The number of hydrogen-bond donors (Lipinski definition) is 1. The highest BCUT2D eigenvalue weighted by molar-refractivity contribution is 7.10. The quantitative estimate of drug-likeness (QED) is 0.422. The molecule has 1 unspecified atom stereocenters. The standard InChI is InChI=1S/C32H44N4O3S/c1-21-17-24(8-10-29(38)39-6)34-36(21)19-28(37)35-15-11-22(12-16-35)30-33-27(20-40-30)23-7-9-25-26(18-23)32(4,5)14-13-31(25,2)3/h7,9,17-18,20,22,24,34H,8,10-16,19H2,1-6H3. The van der Waals surface area contributed by atoms with E-state index in [1.165, 1.54) is 41.6 Å². The van der Waals surface area contributed by atoms with Crippen LogP contribution in [0.4, 0.5) is 0 Å². The molecular formula is C32H44N4O3S. The number of aromatic nitrogens is 1. The third kappa shape index (κ3) is 5.98. The summed E-state index contributed by atoms with van der Waals surface area (Å²) >= 11 is 1.76. The van der Waals surface area contributed by atoms with Crippen LogP contribution in [-0.4, -0.2) is 59.6 Å². The number of esters is 1. The van der Waals surface area contributed by atoms with Crippen LogP contribution in [0.2, 0.25) is 0 Å². The molecule has 3 heterocycles. The van der Waals surface area contributed by atoms with Crippen LogP contribution in [0.5, 0.6) is 0 Å². The second kappa shape index (κ2) is 11.3. The molecule has 216 valence electrons. The number of rotatable bonds is 7. The van der Waals surface area contributed by atoms with Crippen LogP contribution in [0, 0.1) is 0 Å². The van der Waals surface area contributed by atoms with Gasteiger partial charge >= 0.3 is 5.97 Å². The van der Waals surface area contributed by atoms with Crippen LogP contribution < -0.4 is 5.43 Å². The number of piperidine rings is 1. The van der Waals surface area contributed by atoms with Crippen molar-refractivity contribution in [1.82, 2.24) is 20.3 Å². The Morgan fingerprint density at radius 3 is 2.50 bits per heavy atom. The number of allylic oxidation sites excluding steroid dienone is 1. The number of hydrogen-bond acceptors (Lipinski definition) is 7. The Labute approximate surface area is 243 Å². The zero-order chi connectivity index (χ0) is 28.7. The lowest BCUT2D eigenvalue weighted by Gasteiger charge is -2.42. The van der Waals surface area contributed by atoms with Crippen molar-refractivity contribution in [1.29, 1.82) is 0 Å². The van der Waals surface area contributed by atoms with Crippen molar-refractivity contribution in [3.05, 3.63) is 51.5 Å². The van der Waals surface area contributed by atoms with Crippen LogP contribution >= 0.6 is 11.3 Å². The third-order valence-electron chi connectivity index (χ3n) is 9.24. The molecule has 7 nitrogen and oxygen atoms in total. The molecule has 0 saturated carbocycles. The Morgan fingerprint density at radius 2 is 1.80 bits per heavy atom. The molecule has 3 aliphatic rings. The molecule has 1 atom stereocenters. The molecule has 2 aromatic rings. The van der Waals surface area contributed by atoms with E-state index in [1.54, 1.807) is 11.3 Å². The highest BCUT2D eigenvalue weighted by Crippen LogP contribution is 2.47. The molecule has 1 aromatic heterocycles. The predicted molar refractivity (Wildman–Crippen MR) is 160 cm³/mol. The number of carbonyl (C=O) groups is 2. The van der Waals surface area contributed by atoms with Gasteiger partial charge in [-0.2, -0.15) is 0 Å². The minimum atomic E-state index is -0.215. The van der Waals surface area contributed by atoms with Crippen molar-refractivity contribution in [2.45, 2.75) is 95.9 Å². The van der Waals surface area contributed by atoms with Crippen molar-refractivity contribution in [2.24, 2.45) is 0 Å². The van der Waals surface area contributed by atoms with E-state index >= 15 is 0 Å². The Bertz CT molecular complexity index is 1290. The summed E-state index contributed by atoms with van der Waals surface area (Å²) in [7, 11) is 1.41. The lowest BCUT2D eigenvalue weighted by molar-refractivity contribution is -0.141. The van der Waals surface area contributed by atoms with E-state index in [1.807, 2.05) is 16.8 Å². The first-order valence-electron chi connectivity index (χ1n) is 14.6. The number of hydrazine groups is 1. The predicted octanol–water partition coefficient (Wildman–Crippen LogP) is 5.91. The fraction of sp³-hybridized carbons (Fsp3) is 0.594. The van der Waals surface area contributed by atoms with Crippen molar-refractivity contribution < 1.29 is 14.3 Å². The molecule has 2 aliphatic heterocycles. The summed E-state index contributed by atoms with van der Waals surface area (Å²) in [5.74, 6) is 0.310. The highest BCUT2D eigenvalue weighted by atomic mass is 32.1. The summed E-state index contributed by atoms with van der Waals surface area (Å²) in [6.45, 7) is 13.3. The molecule has 1 amide bonds. The average Bonchev–Trinajstić information content (AvgIpc) is 3.57. The van der Waals surface area contributed by atoms with Gasteiger partial charge in [0.05, 0.1) is 17.8 Å². The maximum atomic E-state index is 13.1. The van der Waals surface area contributed by atoms with Crippen LogP contribution in [0.15, 0.2) is 35.4 Å². The molecule has 5 rings (SSSR count). The molecule has 8 heteroatoms. The smallest absolute Gasteiger partial charge is 0.305 e. The Morgan fingerprint density at radius 1 is 1.10 bits per heavy atom. The molecular weight excluding hydrogens is 520 g/mol. The maximum Gasteiger partial charge on any atom is 0.305 e. The number of fused-ring (bicyclic) bond motifs is 1. The van der Waals surface area contributed by atoms with Crippen molar-refractivity contribution in [3.63, 3.8) is 0 Å². The summed E-state index contributed by atoms with van der Waals surface area (Å²) in [6.07, 6.45) is 7.38. The van der Waals surface area contributed by atoms with E-state index in [4.69, 9.17) is 9.72 Å². The first-order chi connectivity index (χ1) is 19.0. The van der Waals surface area contributed by atoms with Gasteiger partial charge in [0.1, 0.15) is 6.54 Å². The molecule has 0 radical (unpaired) electrons. The van der Waals surface area contributed by atoms with Gasteiger partial charge in [-0.3, -0.25) is 9.59 Å². The summed E-state index contributed by atoms with van der Waals surface area (Å²) in [4.78, 5) is 31.6. The number of nitrogens with zero attached hydrogens (tertiary/aromatic N) is 3. The molecule has 1 N–H and O–H groups in total. The number of amides is 1. The largest absolute Gasteiger partial charge is 0.469 e. The van der Waals surface area contributed by atoms with Gasteiger partial charge in [0, 0.05) is 48.1 Å². The number of methoxy groups -OCH3 is 1. The Kier molecular flexibility index (Phi) is 8.13. The molecule has 0 bridgehead atoms. The van der Waals surface area contributed by atoms with Crippen LogP contribution in [0.25, 0.3) is 11.3 Å². The molecule has 1 aliphatic carbocycles. The minimum Gasteiger partial charge on any atom is -0.469 e. The SMILES string of the molecule is COC(=O)CCC1C=C(C)N(CC(=O)N2CCC(c3nc(-c4ccc5c(c4)C(C)(C)CCC5(C)C)cs3)CC2)N1. The number of nitrogens with one attached hydrogen (secondary N) is 1. The van der Waals surface area contributed by atoms with Gasteiger partial charge in [0.15, 0.2) is 0 Å². The van der Waals surface area contributed by atoms with E-state index in [2.05, 4.69) is 62.8 Å². The topological polar surface area (TPSA) is 74.8 Å².